The van der Waals surface area contributed by atoms with Crippen LogP contribution in [0.25, 0.3) is 0 Å². The zero-order valence-corrected chi connectivity index (χ0v) is 23.4. The molecule has 0 saturated carbocycles. The van der Waals surface area contributed by atoms with E-state index in [4.69, 9.17) is 19.4 Å². The molecule has 1 aromatic heterocycles. The van der Waals surface area contributed by atoms with Crippen molar-refractivity contribution in [1.29, 1.82) is 0 Å². The van der Waals surface area contributed by atoms with Crippen LogP contribution in [0.15, 0.2) is 65.8 Å². The molecule has 1 N–H and O–H groups in total. The fourth-order valence-electron chi connectivity index (χ4n) is 4.90. The predicted molar refractivity (Wildman–Crippen MR) is 154 cm³/mol. The number of rotatable bonds is 11. The number of methoxy groups -OCH3 is 1. The van der Waals surface area contributed by atoms with E-state index in [1.807, 2.05) is 30.3 Å². The van der Waals surface area contributed by atoms with Crippen molar-refractivity contribution < 1.29 is 14.3 Å². The average Bonchev–Trinajstić information content (AvgIpc) is 3.50. The molecule has 1 atom stereocenters. The maximum Gasteiger partial charge on any atom is 0.251 e. The Morgan fingerprint density at radius 2 is 1.85 bits per heavy atom. The van der Waals surface area contributed by atoms with Gasteiger partial charge in [0.05, 0.1) is 18.4 Å². The van der Waals surface area contributed by atoms with Crippen LogP contribution >= 0.6 is 11.8 Å². The van der Waals surface area contributed by atoms with Crippen molar-refractivity contribution in [2.45, 2.75) is 43.0 Å². The predicted octanol–water partition coefficient (Wildman–Crippen LogP) is 4.15. The van der Waals surface area contributed by atoms with Gasteiger partial charge in [0.15, 0.2) is 5.16 Å². The molecule has 2 aromatic carbocycles. The Balaban J connectivity index is 1.16. The molecular formula is C30H37N5O3S. The molecule has 8 nitrogen and oxygen atoms in total. The van der Waals surface area contributed by atoms with E-state index in [9.17, 15) is 4.79 Å². The largest absolute Gasteiger partial charge is 0.378 e. The van der Waals surface area contributed by atoms with Crippen LogP contribution in [0, 0.1) is 0 Å². The Kier molecular flexibility index (Phi) is 9.82. The Morgan fingerprint density at radius 1 is 1.05 bits per heavy atom. The zero-order valence-electron chi connectivity index (χ0n) is 22.6. The number of benzene rings is 2. The minimum atomic E-state index is -0.0613. The van der Waals surface area contributed by atoms with Crippen molar-refractivity contribution in [2.75, 3.05) is 51.3 Å². The van der Waals surface area contributed by atoms with Gasteiger partial charge in [-0.25, -0.2) is 9.97 Å². The minimum absolute atomic E-state index is 0.0613. The molecule has 1 amide bonds. The number of nitrogens with one attached hydrogen (secondary N) is 1. The third-order valence-electron chi connectivity index (χ3n) is 7.08. The van der Waals surface area contributed by atoms with Gasteiger partial charge in [0.1, 0.15) is 5.82 Å². The minimum Gasteiger partial charge on any atom is -0.378 e. The summed E-state index contributed by atoms with van der Waals surface area (Å²) in [6, 6.07) is 20.4. The quantitative estimate of drug-likeness (QED) is 0.283. The van der Waals surface area contributed by atoms with Crippen molar-refractivity contribution in [3.05, 3.63) is 83.0 Å². The number of aromatic nitrogens is 2. The Hall–Kier alpha value is -2.98. The number of ether oxygens (including phenoxy) is 2. The molecule has 2 saturated heterocycles. The van der Waals surface area contributed by atoms with Gasteiger partial charge in [0.2, 0.25) is 0 Å². The molecule has 0 aliphatic carbocycles. The highest BCUT2D eigenvalue weighted by Crippen LogP contribution is 2.24. The Labute approximate surface area is 235 Å². The number of amides is 1. The standard InChI is InChI=1S/C30H37N5O3S/c1-37-21-26-18-28(35-15-13-34(14-16-35)20-23-6-3-2-4-7-23)33-30(32-26)39-22-24-9-11-25(12-10-24)29(36)31-19-27-8-5-17-38-27/h2-4,6-7,9-12,18,27H,5,8,13-17,19-22H2,1H3,(H,31,36). The van der Waals surface area contributed by atoms with Crippen LogP contribution in [0.5, 0.6) is 0 Å². The molecular weight excluding hydrogens is 510 g/mol. The van der Waals surface area contributed by atoms with E-state index in [2.05, 4.69) is 45.4 Å². The van der Waals surface area contributed by atoms with Crippen LogP contribution in [0.4, 0.5) is 5.82 Å². The molecule has 3 aromatic rings. The van der Waals surface area contributed by atoms with E-state index in [1.165, 1.54) is 5.56 Å². The number of nitrogens with zero attached hydrogens (tertiary/aromatic N) is 4. The highest BCUT2D eigenvalue weighted by Gasteiger charge is 2.20. The summed E-state index contributed by atoms with van der Waals surface area (Å²) >= 11 is 1.60. The van der Waals surface area contributed by atoms with Crippen molar-refractivity contribution in [1.82, 2.24) is 20.2 Å². The van der Waals surface area contributed by atoms with Crippen LogP contribution < -0.4 is 10.2 Å². The summed E-state index contributed by atoms with van der Waals surface area (Å²) in [6.45, 7) is 6.63. The van der Waals surface area contributed by atoms with E-state index in [1.54, 1.807) is 18.9 Å². The normalized spacial score (nSPS) is 17.9. The Bertz CT molecular complexity index is 1200. The lowest BCUT2D eigenvalue weighted by molar-refractivity contribution is 0.0858. The lowest BCUT2D eigenvalue weighted by Crippen LogP contribution is -2.46. The maximum absolute atomic E-state index is 12.5. The smallest absolute Gasteiger partial charge is 0.251 e. The number of thioether (sulfide) groups is 1. The number of anilines is 1. The van der Waals surface area contributed by atoms with Gasteiger partial charge in [-0.2, -0.15) is 0 Å². The topological polar surface area (TPSA) is 79.8 Å². The van der Waals surface area contributed by atoms with Gasteiger partial charge < -0.3 is 19.7 Å². The first-order chi connectivity index (χ1) is 19.2. The van der Waals surface area contributed by atoms with Crippen LogP contribution in [0.2, 0.25) is 0 Å². The first-order valence-corrected chi connectivity index (χ1v) is 14.6. The molecule has 2 aliphatic heterocycles. The lowest BCUT2D eigenvalue weighted by atomic mass is 10.1. The van der Waals surface area contributed by atoms with Gasteiger partial charge in [-0.1, -0.05) is 54.2 Å². The second-order valence-electron chi connectivity index (χ2n) is 10.0. The van der Waals surface area contributed by atoms with Gasteiger partial charge in [-0.3, -0.25) is 9.69 Å². The van der Waals surface area contributed by atoms with Crippen LogP contribution in [0.1, 0.15) is 40.0 Å². The Morgan fingerprint density at radius 3 is 2.56 bits per heavy atom. The number of carbonyl (C=O) groups excluding carboxylic acids is 1. The highest BCUT2D eigenvalue weighted by molar-refractivity contribution is 7.98. The molecule has 3 heterocycles. The number of carbonyl (C=O) groups is 1. The summed E-state index contributed by atoms with van der Waals surface area (Å²) in [5.74, 6) is 1.62. The SMILES string of the molecule is COCc1cc(N2CCN(Cc3ccccc3)CC2)nc(SCc2ccc(C(=O)NCC3CCCO3)cc2)n1. The van der Waals surface area contributed by atoms with Crippen molar-refractivity contribution in [3.63, 3.8) is 0 Å². The van der Waals surface area contributed by atoms with Gasteiger partial charge in [0, 0.05) is 70.4 Å². The van der Waals surface area contributed by atoms with Gasteiger partial charge in [-0.15, -0.1) is 0 Å². The second-order valence-corrected chi connectivity index (χ2v) is 11.0. The molecule has 5 rings (SSSR count). The number of hydrogen-bond donors (Lipinski definition) is 1. The molecule has 206 valence electrons. The summed E-state index contributed by atoms with van der Waals surface area (Å²) in [6.07, 6.45) is 2.22. The fourth-order valence-corrected chi connectivity index (χ4v) is 5.73. The number of hydrogen-bond acceptors (Lipinski definition) is 8. The van der Waals surface area contributed by atoms with E-state index in [0.29, 0.717) is 18.7 Å². The average molecular weight is 548 g/mol. The summed E-state index contributed by atoms with van der Waals surface area (Å²) < 4.78 is 11.0. The third kappa shape index (κ3) is 8.02. The second kappa shape index (κ2) is 13.9. The monoisotopic (exact) mass is 547 g/mol. The van der Waals surface area contributed by atoms with Crippen molar-refractivity contribution in [3.8, 4) is 0 Å². The van der Waals surface area contributed by atoms with Crippen LogP contribution in [0.3, 0.4) is 0 Å². The van der Waals surface area contributed by atoms with Crippen LogP contribution in [-0.4, -0.2) is 73.3 Å². The van der Waals surface area contributed by atoms with Gasteiger partial charge in [0.25, 0.3) is 5.91 Å². The zero-order chi connectivity index (χ0) is 26.9. The summed E-state index contributed by atoms with van der Waals surface area (Å²) in [5, 5.41) is 3.72. The van der Waals surface area contributed by atoms with E-state index >= 15 is 0 Å². The highest BCUT2D eigenvalue weighted by atomic mass is 32.2. The number of piperazine rings is 1. The fraction of sp³-hybridized carbons (Fsp3) is 0.433. The molecule has 0 spiro atoms. The molecule has 1 unspecified atom stereocenters. The van der Waals surface area contributed by atoms with E-state index < -0.39 is 0 Å². The summed E-state index contributed by atoms with van der Waals surface area (Å²) in [5.41, 5.74) is 4.01. The van der Waals surface area contributed by atoms with Gasteiger partial charge >= 0.3 is 0 Å². The maximum atomic E-state index is 12.5. The molecule has 39 heavy (non-hydrogen) atoms. The first-order valence-electron chi connectivity index (χ1n) is 13.7. The summed E-state index contributed by atoms with van der Waals surface area (Å²) in [7, 11) is 1.69. The van der Waals surface area contributed by atoms with Crippen molar-refractivity contribution >= 4 is 23.5 Å². The van der Waals surface area contributed by atoms with Crippen LogP contribution in [-0.2, 0) is 28.4 Å². The van der Waals surface area contributed by atoms with Gasteiger partial charge in [-0.05, 0) is 36.1 Å². The first kappa shape index (κ1) is 27.6. The molecule has 2 aliphatic rings. The summed E-state index contributed by atoms with van der Waals surface area (Å²) in [4.78, 5) is 26.9. The lowest BCUT2D eigenvalue weighted by Gasteiger charge is -2.35. The molecule has 9 heteroatoms. The molecule has 0 bridgehead atoms. The van der Waals surface area contributed by atoms with E-state index in [-0.39, 0.29) is 12.0 Å². The third-order valence-corrected chi connectivity index (χ3v) is 8.00. The molecule has 2 fully saturated rings. The molecule has 0 radical (unpaired) electrons. The van der Waals surface area contributed by atoms with Crippen molar-refractivity contribution in [2.24, 2.45) is 0 Å². The van der Waals surface area contributed by atoms with E-state index in [0.717, 1.165) is 80.2 Å².